The molecule has 0 saturated heterocycles. The third-order valence-corrected chi connectivity index (χ3v) is 5.78. The molecule has 31 heavy (non-hydrogen) atoms. The summed E-state index contributed by atoms with van der Waals surface area (Å²) < 4.78 is 31.4. The topological polar surface area (TPSA) is 105 Å². The molecule has 10 heteroatoms. The van der Waals surface area contributed by atoms with Gasteiger partial charge in [-0.1, -0.05) is 23.7 Å². The Morgan fingerprint density at radius 3 is 2.48 bits per heavy atom. The van der Waals surface area contributed by atoms with E-state index in [1.54, 1.807) is 30.3 Å². The number of hydrogen-bond acceptors (Lipinski definition) is 5. The van der Waals surface area contributed by atoms with Gasteiger partial charge in [0.1, 0.15) is 5.75 Å². The van der Waals surface area contributed by atoms with Crippen LogP contribution in [-0.2, 0) is 14.8 Å². The lowest BCUT2D eigenvalue weighted by molar-refractivity contribution is -0.122. The van der Waals surface area contributed by atoms with E-state index in [0.717, 1.165) is 10.6 Å². The van der Waals surface area contributed by atoms with Gasteiger partial charge in [-0.3, -0.25) is 13.9 Å². The molecule has 166 valence electrons. The first-order chi connectivity index (χ1) is 14.3. The lowest BCUT2D eigenvalue weighted by Gasteiger charge is -2.34. The largest absolute Gasteiger partial charge is 0.476 e. The number of benzene rings is 2. The van der Waals surface area contributed by atoms with Crippen LogP contribution in [-0.4, -0.2) is 44.7 Å². The molecule has 0 bridgehead atoms. The van der Waals surface area contributed by atoms with Crippen LogP contribution < -0.4 is 19.7 Å². The van der Waals surface area contributed by atoms with Gasteiger partial charge in [0.25, 0.3) is 11.8 Å². The predicted molar refractivity (Wildman–Crippen MR) is 120 cm³/mol. The molecule has 1 aliphatic heterocycles. The molecule has 1 atom stereocenters. The smallest absolute Gasteiger partial charge is 0.267 e. The third kappa shape index (κ3) is 5.48. The summed E-state index contributed by atoms with van der Waals surface area (Å²) in [6.45, 7) is 5.33. The first kappa shape index (κ1) is 22.9. The molecule has 0 saturated carbocycles. The van der Waals surface area contributed by atoms with Gasteiger partial charge in [0.15, 0.2) is 6.10 Å². The van der Waals surface area contributed by atoms with Crippen LogP contribution in [0.25, 0.3) is 0 Å². The molecule has 2 aromatic rings. The summed E-state index contributed by atoms with van der Waals surface area (Å²) in [7, 11) is -3.69. The van der Waals surface area contributed by atoms with Gasteiger partial charge in [-0.25, -0.2) is 8.42 Å². The number of carbonyl (C=O) groups is 2. The number of sulfonamides is 1. The van der Waals surface area contributed by atoms with E-state index in [1.165, 1.54) is 12.1 Å². The van der Waals surface area contributed by atoms with Crippen molar-refractivity contribution in [2.24, 2.45) is 0 Å². The predicted octanol–water partition coefficient (Wildman–Crippen LogP) is 3.03. The monoisotopic (exact) mass is 465 g/mol. The lowest BCUT2D eigenvalue weighted by Crippen LogP contribution is -2.48. The normalized spacial score (nSPS) is 16.2. The van der Waals surface area contributed by atoms with Crippen molar-refractivity contribution in [2.45, 2.75) is 32.4 Å². The van der Waals surface area contributed by atoms with E-state index in [1.807, 2.05) is 20.8 Å². The average molecular weight is 466 g/mol. The summed E-state index contributed by atoms with van der Waals surface area (Å²) in [4.78, 5) is 25.6. The van der Waals surface area contributed by atoms with Crippen molar-refractivity contribution in [3.05, 3.63) is 53.1 Å². The molecule has 0 spiro atoms. The minimum absolute atomic E-state index is 0.222. The Bertz CT molecular complexity index is 1130. The molecule has 3 rings (SSSR count). The summed E-state index contributed by atoms with van der Waals surface area (Å²) >= 11 is 6.00. The molecular formula is C21H24ClN3O5S. The van der Waals surface area contributed by atoms with E-state index in [4.69, 9.17) is 16.3 Å². The highest BCUT2D eigenvalue weighted by molar-refractivity contribution is 7.92. The third-order valence-electron chi connectivity index (χ3n) is 4.40. The molecule has 1 heterocycles. The molecule has 0 aliphatic carbocycles. The zero-order chi connectivity index (χ0) is 23.0. The van der Waals surface area contributed by atoms with E-state index in [2.05, 4.69) is 10.6 Å². The van der Waals surface area contributed by atoms with Gasteiger partial charge in [-0.05, 0) is 51.1 Å². The molecule has 0 fully saturated rings. The van der Waals surface area contributed by atoms with Crippen molar-refractivity contribution in [3.63, 3.8) is 0 Å². The Balaban J connectivity index is 1.87. The summed E-state index contributed by atoms with van der Waals surface area (Å²) in [6.07, 6.45) is -0.0773. The highest BCUT2D eigenvalue weighted by atomic mass is 35.5. The van der Waals surface area contributed by atoms with E-state index < -0.39 is 27.6 Å². The van der Waals surface area contributed by atoms with Gasteiger partial charge in [0.05, 0.1) is 29.7 Å². The molecular weight excluding hydrogens is 442 g/mol. The van der Waals surface area contributed by atoms with Gasteiger partial charge in [0.2, 0.25) is 10.0 Å². The van der Waals surface area contributed by atoms with Crippen LogP contribution >= 0.6 is 11.6 Å². The second kappa shape index (κ2) is 8.39. The van der Waals surface area contributed by atoms with Gasteiger partial charge in [0, 0.05) is 10.6 Å². The van der Waals surface area contributed by atoms with Crippen LogP contribution in [0.3, 0.4) is 0 Å². The molecule has 8 nitrogen and oxygen atoms in total. The van der Waals surface area contributed by atoms with E-state index in [0.29, 0.717) is 10.7 Å². The Morgan fingerprint density at radius 2 is 1.84 bits per heavy atom. The van der Waals surface area contributed by atoms with Crippen LogP contribution in [0.1, 0.15) is 31.1 Å². The highest BCUT2D eigenvalue weighted by Gasteiger charge is 2.35. The Labute approximate surface area is 186 Å². The number of amides is 2. The molecule has 0 aromatic heterocycles. The molecule has 2 N–H and O–H groups in total. The van der Waals surface area contributed by atoms with E-state index >= 15 is 0 Å². The fourth-order valence-corrected chi connectivity index (χ4v) is 4.16. The molecule has 2 aromatic carbocycles. The molecule has 1 aliphatic rings. The number of ether oxygens (including phenoxy) is 1. The fourth-order valence-electron chi connectivity index (χ4n) is 3.09. The summed E-state index contributed by atoms with van der Waals surface area (Å²) in [6, 6.07) is 11.1. The number of nitrogens with one attached hydrogen (secondary N) is 2. The van der Waals surface area contributed by atoms with Crippen LogP contribution in [0, 0.1) is 0 Å². The minimum Gasteiger partial charge on any atom is -0.476 e. The maximum absolute atomic E-state index is 13.0. The quantitative estimate of drug-likeness (QED) is 0.722. The molecule has 2 amide bonds. The molecule has 0 radical (unpaired) electrons. The minimum atomic E-state index is -3.69. The zero-order valence-electron chi connectivity index (χ0n) is 17.6. The van der Waals surface area contributed by atoms with E-state index in [-0.39, 0.29) is 29.5 Å². The van der Waals surface area contributed by atoms with Gasteiger partial charge in [-0.2, -0.15) is 0 Å². The van der Waals surface area contributed by atoms with Crippen molar-refractivity contribution in [2.75, 3.05) is 22.4 Å². The second-order valence-electron chi connectivity index (χ2n) is 8.25. The fraction of sp³-hybridized carbons (Fsp3) is 0.333. The number of halogens is 1. The van der Waals surface area contributed by atoms with Crippen molar-refractivity contribution in [3.8, 4) is 5.75 Å². The Morgan fingerprint density at radius 1 is 1.16 bits per heavy atom. The van der Waals surface area contributed by atoms with E-state index in [9.17, 15) is 18.0 Å². The maximum Gasteiger partial charge on any atom is 0.267 e. The van der Waals surface area contributed by atoms with Crippen LogP contribution in [0.15, 0.2) is 42.5 Å². The number of fused-ring (bicyclic) bond motifs is 1. The van der Waals surface area contributed by atoms with Gasteiger partial charge in [-0.15, -0.1) is 0 Å². The van der Waals surface area contributed by atoms with Gasteiger partial charge < -0.3 is 15.4 Å². The van der Waals surface area contributed by atoms with Gasteiger partial charge >= 0.3 is 0 Å². The molecule has 1 unspecified atom stereocenters. The number of para-hydroxylation sites is 1. The number of rotatable bonds is 4. The first-order valence-electron chi connectivity index (χ1n) is 9.51. The number of hydrogen-bond donors (Lipinski definition) is 2. The van der Waals surface area contributed by atoms with Crippen LogP contribution in [0.2, 0.25) is 5.02 Å². The van der Waals surface area contributed by atoms with Crippen molar-refractivity contribution < 1.29 is 22.7 Å². The van der Waals surface area contributed by atoms with Crippen molar-refractivity contribution in [1.82, 2.24) is 5.32 Å². The summed E-state index contributed by atoms with van der Waals surface area (Å²) in [5, 5.41) is 5.89. The average Bonchev–Trinajstić information content (AvgIpc) is 2.65. The number of anilines is 2. The Hall–Kier alpha value is -2.78. The summed E-state index contributed by atoms with van der Waals surface area (Å²) in [5.74, 6) is -0.698. The zero-order valence-corrected chi connectivity index (χ0v) is 19.2. The van der Waals surface area contributed by atoms with Crippen molar-refractivity contribution >= 4 is 44.8 Å². The van der Waals surface area contributed by atoms with Crippen molar-refractivity contribution in [1.29, 1.82) is 0 Å². The summed E-state index contributed by atoms with van der Waals surface area (Å²) in [5.41, 5.74) is 0.394. The Kier molecular flexibility index (Phi) is 6.20. The lowest BCUT2D eigenvalue weighted by atomic mass is 10.1. The van der Waals surface area contributed by atoms with Crippen LogP contribution in [0.5, 0.6) is 5.75 Å². The van der Waals surface area contributed by atoms with Crippen LogP contribution in [0.4, 0.5) is 11.4 Å². The number of nitrogens with zero attached hydrogens (tertiary/aromatic N) is 1. The SMILES string of the molecule is CC(C)(C)NC(=O)c1ccccc1NC(=O)C1CN(S(C)(=O)=O)c2cc(Cl)ccc2O1. The standard InChI is InChI=1S/C21H24ClN3O5S/c1-21(2,3)24-19(26)14-7-5-6-8-15(14)23-20(27)18-12-25(31(4,28)29)16-11-13(22)9-10-17(16)30-18/h5-11,18H,12H2,1-4H3,(H,23,27)(H,24,26). The maximum atomic E-state index is 13.0. The first-order valence-corrected chi connectivity index (χ1v) is 11.7. The second-order valence-corrected chi connectivity index (χ2v) is 10.6. The number of carbonyl (C=O) groups excluding carboxylic acids is 2. The highest BCUT2D eigenvalue weighted by Crippen LogP contribution is 2.37.